The van der Waals surface area contributed by atoms with Gasteiger partial charge in [0.05, 0.1) is 6.42 Å². The summed E-state index contributed by atoms with van der Waals surface area (Å²) in [5, 5.41) is 3.21. The first kappa shape index (κ1) is 18.8. The van der Waals surface area contributed by atoms with Crippen molar-refractivity contribution in [2.24, 2.45) is 17.6 Å². The molecule has 4 N–H and O–H groups in total. The van der Waals surface area contributed by atoms with E-state index in [-0.39, 0.29) is 30.0 Å². The molecular weight excluding hydrogens is 354 g/mol. The smallest absolute Gasteiger partial charge is 0.255 e. The van der Waals surface area contributed by atoms with Crippen molar-refractivity contribution < 1.29 is 4.79 Å². The summed E-state index contributed by atoms with van der Waals surface area (Å²) in [6, 6.07) is 4.06. The van der Waals surface area contributed by atoms with Crippen LogP contribution in [0.1, 0.15) is 43.4 Å². The fourth-order valence-corrected chi connectivity index (χ4v) is 4.88. The fourth-order valence-electron chi connectivity index (χ4n) is 4.88. The van der Waals surface area contributed by atoms with Crippen LogP contribution in [0.2, 0.25) is 0 Å². The SMILES string of the molecule is Cc1nc(-c2cccnc2)[nH]c(=O)c1CC(=O)NC1C2CCCC1CC(N)C2. The minimum atomic E-state index is -0.271. The van der Waals surface area contributed by atoms with Crippen molar-refractivity contribution in [1.82, 2.24) is 20.3 Å². The number of H-pyrrole nitrogens is 1. The molecule has 148 valence electrons. The van der Waals surface area contributed by atoms with Crippen molar-refractivity contribution in [3.8, 4) is 11.4 Å². The van der Waals surface area contributed by atoms with Gasteiger partial charge in [0, 0.05) is 41.3 Å². The van der Waals surface area contributed by atoms with Crippen LogP contribution in [0.3, 0.4) is 0 Å². The van der Waals surface area contributed by atoms with Gasteiger partial charge in [-0.1, -0.05) is 6.42 Å². The molecule has 2 fully saturated rings. The highest BCUT2D eigenvalue weighted by molar-refractivity contribution is 5.79. The monoisotopic (exact) mass is 381 g/mol. The molecule has 28 heavy (non-hydrogen) atoms. The van der Waals surface area contributed by atoms with E-state index in [1.807, 2.05) is 6.07 Å². The summed E-state index contributed by atoms with van der Waals surface area (Å²) in [5.74, 6) is 1.27. The summed E-state index contributed by atoms with van der Waals surface area (Å²) in [5.41, 5.74) is 7.63. The number of aryl methyl sites for hydroxylation is 1. The van der Waals surface area contributed by atoms with Crippen LogP contribution < -0.4 is 16.6 Å². The predicted molar refractivity (Wildman–Crippen MR) is 107 cm³/mol. The summed E-state index contributed by atoms with van der Waals surface area (Å²) in [7, 11) is 0. The molecule has 0 radical (unpaired) electrons. The predicted octanol–water partition coefficient (Wildman–Crippen LogP) is 1.71. The van der Waals surface area contributed by atoms with E-state index < -0.39 is 0 Å². The maximum absolute atomic E-state index is 12.7. The maximum atomic E-state index is 12.7. The molecule has 7 nitrogen and oxygen atoms in total. The first-order valence-corrected chi connectivity index (χ1v) is 10.1. The number of nitrogens with two attached hydrogens (primary N) is 1. The van der Waals surface area contributed by atoms with Gasteiger partial charge in [0.2, 0.25) is 5.91 Å². The van der Waals surface area contributed by atoms with Gasteiger partial charge < -0.3 is 16.0 Å². The molecule has 0 saturated heterocycles. The van der Waals surface area contributed by atoms with E-state index >= 15 is 0 Å². The van der Waals surface area contributed by atoms with Gasteiger partial charge in [0.25, 0.3) is 5.56 Å². The van der Waals surface area contributed by atoms with Crippen LogP contribution in [0.15, 0.2) is 29.3 Å². The Bertz CT molecular complexity index is 897. The van der Waals surface area contributed by atoms with Gasteiger partial charge in [-0.05, 0) is 56.6 Å². The highest BCUT2D eigenvalue weighted by Crippen LogP contribution is 2.39. The Balaban J connectivity index is 1.48. The molecule has 2 heterocycles. The molecular formula is C21H27N5O2. The third-order valence-corrected chi connectivity index (χ3v) is 6.20. The Hall–Kier alpha value is -2.54. The Morgan fingerprint density at radius 1 is 1.32 bits per heavy atom. The first-order chi connectivity index (χ1) is 13.5. The molecule has 2 aromatic rings. The van der Waals surface area contributed by atoms with Crippen molar-refractivity contribution in [2.75, 3.05) is 0 Å². The van der Waals surface area contributed by atoms with Crippen LogP contribution in [-0.4, -0.2) is 32.9 Å². The van der Waals surface area contributed by atoms with Crippen molar-refractivity contribution in [2.45, 2.75) is 57.5 Å². The van der Waals surface area contributed by atoms with Gasteiger partial charge in [0.1, 0.15) is 5.82 Å². The summed E-state index contributed by atoms with van der Waals surface area (Å²) in [6.45, 7) is 1.77. The van der Waals surface area contributed by atoms with Gasteiger partial charge in [0.15, 0.2) is 0 Å². The number of carbonyl (C=O) groups is 1. The van der Waals surface area contributed by atoms with Gasteiger partial charge in [-0.25, -0.2) is 4.98 Å². The normalized spacial score (nSPS) is 26.6. The number of fused-ring (bicyclic) bond motifs is 2. The minimum absolute atomic E-state index is 0.0451. The molecule has 7 heteroatoms. The molecule has 0 aliphatic heterocycles. The van der Waals surface area contributed by atoms with E-state index in [0.717, 1.165) is 31.2 Å². The molecule has 0 aromatic carbocycles. The Labute approximate surface area is 164 Å². The van der Waals surface area contributed by atoms with E-state index in [9.17, 15) is 9.59 Å². The number of pyridine rings is 1. The number of carbonyl (C=O) groups excluding carboxylic acids is 1. The standard InChI is InChI=1S/C21H27N5O2/c1-12-17(21(28)26-20(24-12)15-6-3-7-23-11-15)10-18(27)25-19-13-4-2-5-14(19)9-16(22)8-13/h3,6-7,11,13-14,16,19H,2,4-5,8-10,22H2,1H3,(H,25,27)(H,24,26,28). The minimum Gasteiger partial charge on any atom is -0.353 e. The lowest BCUT2D eigenvalue weighted by atomic mass is 9.67. The average molecular weight is 381 g/mol. The molecule has 2 bridgehead atoms. The Kier molecular flexibility index (Phi) is 5.26. The molecule has 2 aromatic heterocycles. The molecule has 0 spiro atoms. The summed E-state index contributed by atoms with van der Waals surface area (Å²) < 4.78 is 0. The first-order valence-electron chi connectivity index (χ1n) is 10.1. The average Bonchev–Trinajstić information content (AvgIpc) is 2.66. The number of rotatable bonds is 4. The van der Waals surface area contributed by atoms with E-state index in [4.69, 9.17) is 5.73 Å². The van der Waals surface area contributed by atoms with Crippen molar-refractivity contribution in [3.05, 3.63) is 46.1 Å². The number of nitrogens with zero attached hydrogens (tertiary/aromatic N) is 2. The third-order valence-electron chi connectivity index (χ3n) is 6.20. The van der Waals surface area contributed by atoms with Crippen LogP contribution in [-0.2, 0) is 11.2 Å². The van der Waals surface area contributed by atoms with Crippen LogP contribution in [0.25, 0.3) is 11.4 Å². The summed E-state index contributed by atoms with van der Waals surface area (Å²) in [4.78, 5) is 36.6. The largest absolute Gasteiger partial charge is 0.353 e. The summed E-state index contributed by atoms with van der Waals surface area (Å²) >= 11 is 0. The van der Waals surface area contributed by atoms with Crippen LogP contribution in [0, 0.1) is 18.8 Å². The highest BCUT2D eigenvalue weighted by atomic mass is 16.2. The highest BCUT2D eigenvalue weighted by Gasteiger charge is 2.39. The van der Waals surface area contributed by atoms with Crippen molar-refractivity contribution in [1.29, 1.82) is 0 Å². The Morgan fingerprint density at radius 2 is 2.07 bits per heavy atom. The second-order valence-corrected chi connectivity index (χ2v) is 8.17. The lowest BCUT2D eigenvalue weighted by Gasteiger charge is -2.45. The number of amides is 1. The number of aromatic nitrogens is 3. The molecule has 2 aliphatic rings. The van der Waals surface area contributed by atoms with Crippen LogP contribution >= 0.6 is 0 Å². The Morgan fingerprint density at radius 3 is 2.71 bits per heavy atom. The number of nitrogens with one attached hydrogen (secondary N) is 2. The zero-order chi connectivity index (χ0) is 19.7. The molecule has 2 aliphatic carbocycles. The van der Waals surface area contributed by atoms with E-state index in [1.165, 1.54) is 6.42 Å². The number of aromatic amines is 1. The molecule has 2 unspecified atom stereocenters. The van der Waals surface area contributed by atoms with Crippen LogP contribution in [0.4, 0.5) is 0 Å². The van der Waals surface area contributed by atoms with Gasteiger partial charge in [-0.2, -0.15) is 0 Å². The molecule has 4 rings (SSSR count). The van der Waals surface area contributed by atoms with Crippen molar-refractivity contribution in [3.63, 3.8) is 0 Å². The topological polar surface area (TPSA) is 114 Å². The molecule has 1 amide bonds. The lowest BCUT2D eigenvalue weighted by molar-refractivity contribution is -0.122. The molecule has 2 saturated carbocycles. The third kappa shape index (κ3) is 3.85. The number of hydrogen-bond donors (Lipinski definition) is 3. The van der Waals surface area contributed by atoms with Gasteiger partial charge >= 0.3 is 0 Å². The number of hydrogen-bond acceptors (Lipinski definition) is 5. The van der Waals surface area contributed by atoms with Crippen LogP contribution in [0.5, 0.6) is 0 Å². The lowest BCUT2D eigenvalue weighted by Crippen LogP contribution is -2.54. The van der Waals surface area contributed by atoms with Crippen molar-refractivity contribution >= 4 is 5.91 Å². The zero-order valence-electron chi connectivity index (χ0n) is 16.1. The summed E-state index contributed by atoms with van der Waals surface area (Å²) in [6.07, 6.45) is 8.77. The zero-order valence-corrected chi connectivity index (χ0v) is 16.1. The van der Waals surface area contributed by atoms with E-state index in [1.54, 1.807) is 25.4 Å². The van der Waals surface area contributed by atoms with E-state index in [2.05, 4.69) is 20.3 Å². The quantitative estimate of drug-likeness (QED) is 0.746. The second kappa shape index (κ2) is 7.83. The molecule has 2 atom stereocenters. The van der Waals surface area contributed by atoms with Gasteiger partial charge in [-0.15, -0.1) is 0 Å². The van der Waals surface area contributed by atoms with Gasteiger partial charge in [-0.3, -0.25) is 14.6 Å². The maximum Gasteiger partial charge on any atom is 0.255 e. The second-order valence-electron chi connectivity index (χ2n) is 8.17. The fraction of sp³-hybridized carbons (Fsp3) is 0.524. The van der Waals surface area contributed by atoms with E-state index in [0.29, 0.717) is 28.9 Å².